The average Bonchev–Trinajstić information content (AvgIpc) is 2.85. The molecule has 0 bridgehead atoms. The van der Waals surface area contributed by atoms with E-state index in [1.807, 2.05) is 20.8 Å². The van der Waals surface area contributed by atoms with Crippen molar-refractivity contribution in [2.24, 2.45) is 0 Å². The molecule has 0 amide bonds. The lowest BCUT2D eigenvalue weighted by atomic mass is 10.1. The van der Waals surface area contributed by atoms with Crippen molar-refractivity contribution >= 4 is 5.97 Å². The molecule has 0 atom stereocenters. The number of nitriles is 1. The number of carbonyl (C=O) groups excluding carboxylic acids is 1. The number of benzene rings is 1. The zero-order valence-electron chi connectivity index (χ0n) is 11.8. The first kappa shape index (κ1) is 13.9. The fourth-order valence-electron chi connectivity index (χ4n) is 1.79. The molecule has 0 unspecified atom stereocenters. The number of rotatable bonds is 2. The van der Waals surface area contributed by atoms with Gasteiger partial charge in [0.2, 0.25) is 0 Å². The van der Waals surface area contributed by atoms with Gasteiger partial charge in [-0.1, -0.05) is 0 Å². The van der Waals surface area contributed by atoms with Gasteiger partial charge in [0.25, 0.3) is 0 Å². The molecule has 0 aliphatic rings. The fraction of sp³-hybridized carbons (Fsp3) is 0.250. The van der Waals surface area contributed by atoms with Crippen molar-refractivity contribution in [2.45, 2.75) is 26.4 Å². The second-order valence-corrected chi connectivity index (χ2v) is 5.42. The number of ether oxygens (including phenoxy) is 1. The van der Waals surface area contributed by atoms with Crippen molar-refractivity contribution in [2.75, 3.05) is 0 Å². The molecule has 0 aliphatic heterocycles. The van der Waals surface area contributed by atoms with Gasteiger partial charge in [-0.2, -0.15) is 5.26 Å². The van der Waals surface area contributed by atoms with Crippen molar-refractivity contribution in [3.63, 3.8) is 0 Å². The summed E-state index contributed by atoms with van der Waals surface area (Å²) in [6, 6.07) is 12.6. The summed E-state index contributed by atoms with van der Waals surface area (Å²) in [4.78, 5) is 11.9. The second kappa shape index (κ2) is 5.22. The van der Waals surface area contributed by atoms with E-state index < -0.39 is 5.60 Å². The third-order valence-corrected chi connectivity index (χ3v) is 2.64. The molecule has 1 aromatic heterocycles. The summed E-state index contributed by atoms with van der Waals surface area (Å²) in [5, 5.41) is 8.99. The van der Waals surface area contributed by atoms with Crippen LogP contribution in [-0.4, -0.2) is 16.1 Å². The first-order valence-electron chi connectivity index (χ1n) is 6.32. The van der Waals surface area contributed by atoms with Gasteiger partial charge in [0.1, 0.15) is 17.4 Å². The van der Waals surface area contributed by atoms with E-state index in [4.69, 9.17) is 10.00 Å². The predicted molar refractivity (Wildman–Crippen MR) is 75.7 cm³/mol. The highest BCUT2D eigenvalue weighted by molar-refractivity contribution is 5.89. The molecule has 0 fully saturated rings. The molecular weight excluding hydrogens is 252 g/mol. The third-order valence-electron chi connectivity index (χ3n) is 2.64. The fourth-order valence-corrected chi connectivity index (χ4v) is 1.79. The van der Waals surface area contributed by atoms with Gasteiger partial charge in [-0.05, 0) is 57.2 Å². The highest BCUT2D eigenvalue weighted by Crippen LogP contribution is 2.16. The number of hydrogen-bond donors (Lipinski definition) is 0. The van der Waals surface area contributed by atoms with Crippen LogP contribution >= 0.6 is 0 Å². The summed E-state index contributed by atoms with van der Waals surface area (Å²) in [6.45, 7) is 5.49. The molecular formula is C16H16N2O2. The summed E-state index contributed by atoms with van der Waals surface area (Å²) < 4.78 is 7.06. The van der Waals surface area contributed by atoms with E-state index in [1.54, 1.807) is 47.2 Å². The molecule has 4 nitrogen and oxygen atoms in total. The molecule has 102 valence electrons. The number of aromatic nitrogens is 1. The summed E-state index contributed by atoms with van der Waals surface area (Å²) in [6.07, 6.45) is 1.81. The van der Waals surface area contributed by atoms with Crippen LogP contribution in [0.25, 0.3) is 5.69 Å². The van der Waals surface area contributed by atoms with E-state index in [9.17, 15) is 4.79 Å². The largest absolute Gasteiger partial charge is 0.456 e. The molecule has 0 saturated carbocycles. The normalized spacial score (nSPS) is 10.9. The summed E-state index contributed by atoms with van der Waals surface area (Å²) in [5.74, 6) is -0.350. The lowest BCUT2D eigenvalue weighted by Crippen LogP contribution is -2.23. The van der Waals surface area contributed by atoms with E-state index in [2.05, 4.69) is 6.07 Å². The van der Waals surface area contributed by atoms with Gasteiger partial charge in [0.15, 0.2) is 0 Å². The van der Waals surface area contributed by atoms with Crippen LogP contribution in [-0.2, 0) is 4.74 Å². The van der Waals surface area contributed by atoms with Crippen molar-refractivity contribution in [3.8, 4) is 11.8 Å². The van der Waals surface area contributed by atoms with E-state index in [0.717, 1.165) is 5.69 Å². The van der Waals surface area contributed by atoms with E-state index in [-0.39, 0.29) is 5.97 Å². The first-order valence-corrected chi connectivity index (χ1v) is 6.32. The molecule has 1 heterocycles. The van der Waals surface area contributed by atoms with Crippen LogP contribution < -0.4 is 0 Å². The Hall–Kier alpha value is -2.54. The van der Waals surface area contributed by atoms with Gasteiger partial charge in [0.05, 0.1) is 5.56 Å². The Bertz CT molecular complexity index is 655. The van der Waals surface area contributed by atoms with Crippen LogP contribution in [0.1, 0.15) is 36.8 Å². The summed E-state index contributed by atoms with van der Waals surface area (Å²) >= 11 is 0. The standard InChI is InChI=1S/C16H16N2O2/c1-16(2,3)20-15(19)12-6-8-13(9-7-12)18-10-4-5-14(18)11-17/h4-10H,1-3H3. The maximum absolute atomic E-state index is 11.9. The molecule has 0 radical (unpaired) electrons. The number of carbonyl (C=O) groups is 1. The molecule has 0 spiro atoms. The maximum atomic E-state index is 11.9. The van der Waals surface area contributed by atoms with Crippen LogP contribution in [0.2, 0.25) is 0 Å². The first-order chi connectivity index (χ1) is 9.40. The minimum absolute atomic E-state index is 0.350. The van der Waals surface area contributed by atoms with E-state index in [0.29, 0.717) is 11.3 Å². The Balaban J connectivity index is 2.23. The number of hydrogen-bond acceptors (Lipinski definition) is 3. The van der Waals surface area contributed by atoms with Crippen molar-refractivity contribution in [1.82, 2.24) is 4.57 Å². The van der Waals surface area contributed by atoms with Crippen LogP contribution in [0.15, 0.2) is 42.6 Å². The van der Waals surface area contributed by atoms with Crippen LogP contribution in [0.4, 0.5) is 0 Å². The van der Waals surface area contributed by atoms with Crippen molar-refractivity contribution in [3.05, 3.63) is 53.9 Å². The van der Waals surface area contributed by atoms with Crippen LogP contribution in [0.3, 0.4) is 0 Å². The molecule has 4 heteroatoms. The van der Waals surface area contributed by atoms with Gasteiger partial charge < -0.3 is 9.30 Å². The zero-order chi connectivity index (χ0) is 14.8. The SMILES string of the molecule is CC(C)(C)OC(=O)c1ccc(-n2cccc2C#N)cc1. The molecule has 2 rings (SSSR count). The monoisotopic (exact) mass is 268 g/mol. The molecule has 2 aromatic rings. The predicted octanol–water partition coefficient (Wildman–Crippen LogP) is 3.30. The Morgan fingerprint density at radius 1 is 1.20 bits per heavy atom. The zero-order valence-corrected chi connectivity index (χ0v) is 11.8. The topological polar surface area (TPSA) is 55.0 Å². The Morgan fingerprint density at radius 2 is 1.85 bits per heavy atom. The van der Waals surface area contributed by atoms with Crippen LogP contribution in [0.5, 0.6) is 0 Å². The van der Waals surface area contributed by atoms with Gasteiger partial charge in [0, 0.05) is 11.9 Å². The average molecular weight is 268 g/mol. The molecule has 0 saturated heterocycles. The van der Waals surface area contributed by atoms with E-state index in [1.165, 1.54) is 0 Å². The minimum Gasteiger partial charge on any atom is -0.456 e. The van der Waals surface area contributed by atoms with Gasteiger partial charge in [-0.15, -0.1) is 0 Å². The quantitative estimate of drug-likeness (QED) is 0.785. The van der Waals surface area contributed by atoms with Gasteiger partial charge in [-0.25, -0.2) is 4.79 Å². The molecule has 0 aliphatic carbocycles. The summed E-state index contributed by atoms with van der Waals surface area (Å²) in [5.41, 5.74) is 1.37. The smallest absolute Gasteiger partial charge is 0.338 e. The third kappa shape index (κ3) is 3.07. The van der Waals surface area contributed by atoms with Crippen molar-refractivity contribution < 1.29 is 9.53 Å². The van der Waals surface area contributed by atoms with Gasteiger partial charge >= 0.3 is 5.97 Å². The number of nitrogens with zero attached hydrogens (tertiary/aromatic N) is 2. The Morgan fingerprint density at radius 3 is 2.40 bits per heavy atom. The number of esters is 1. The Kier molecular flexibility index (Phi) is 3.62. The lowest BCUT2D eigenvalue weighted by Gasteiger charge is -2.19. The second-order valence-electron chi connectivity index (χ2n) is 5.42. The lowest BCUT2D eigenvalue weighted by molar-refractivity contribution is 0.00696. The van der Waals surface area contributed by atoms with Gasteiger partial charge in [-0.3, -0.25) is 0 Å². The Labute approximate surface area is 118 Å². The molecule has 20 heavy (non-hydrogen) atoms. The highest BCUT2D eigenvalue weighted by Gasteiger charge is 2.17. The van der Waals surface area contributed by atoms with Crippen LogP contribution in [0, 0.1) is 11.3 Å². The van der Waals surface area contributed by atoms with E-state index >= 15 is 0 Å². The molecule has 1 aromatic carbocycles. The maximum Gasteiger partial charge on any atom is 0.338 e. The minimum atomic E-state index is -0.510. The summed E-state index contributed by atoms with van der Waals surface area (Å²) in [7, 11) is 0. The highest BCUT2D eigenvalue weighted by atomic mass is 16.6. The molecule has 0 N–H and O–H groups in total. The van der Waals surface area contributed by atoms with Crippen molar-refractivity contribution in [1.29, 1.82) is 5.26 Å².